The van der Waals surface area contributed by atoms with Crippen LogP contribution >= 0.6 is 0 Å². The van der Waals surface area contributed by atoms with E-state index in [2.05, 4.69) is 30.3 Å². The largest absolute Gasteiger partial charge is 0.393 e. The van der Waals surface area contributed by atoms with Gasteiger partial charge in [-0.3, -0.25) is 10.2 Å². The lowest BCUT2D eigenvalue weighted by Crippen LogP contribution is -2.62. The van der Waals surface area contributed by atoms with Crippen LogP contribution in [0.25, 0.3) is 0 Å². The van der Waals surface area contributed by atoms with Gasteiger partial charge in [0.25, 0.3) is 0 Å². The highest BCUT2D eigenvalue weighted by molar-refractivity contribution is 7.87. The molecule has 0 aromatic rings. The van der Waals surface area contributed by atoms with Crippen LogP contribution in [-0.2, 0) is 23.9 Å². The van der Waals surface area contributed by atoms with Crippen molar-refractivity contribution in [3.8, 4) is 0 Å². The first-order chi connectivity index (χ1) is 20.0. The number of hydrogen-bond donors (Lipinski definition) is 6. The lowest BCUT2D eigenvalue weighted by atomic mass is 9.43. The van der Waals surface area contributed by atoms with E-state index >= 15 is 0 Å². The van der Waals surface area contributed by atoms with Crippen LogP contribution in [-0.4, -0.2) is 90.7 Å². The Labute approximate surface area is 255 Å². The number of guanidine groups is 1. The maximum atomic E-state index is 12.6. The zero-order valence-electron chi connectivity index (χ0n) is 26.0. The van der Waals surface area contributed by atoms with Gasteiger partial charge in [-0.05, 0) is 97.7 Å². The molecule has 4 fully saturated rings. The van der Waals surface area contributed by atoms with E-state index < -0.39 is 46.6 Å². The maximum absolute atomic E-state index is 12.6. The van der Waals surface area contributed by atoms with Crippen molar-refractivity contribution in [3.05, 3.63) is 0 Å². The summed E-state index contributed by atoms with van der Waals surface area (Å²) in [6.07, 6.45) is 5.22. The second kappa shape index (κ2) is 12.8. The van der Waals surface area contributed by atoms with E-state index in [9.17, 15) is 33.3 Å². The molecule has 7 N–H and O–H groups in total. The molecule has 4 saturated carbocycles. The average Bonchev–Trinajstić information content (AvgIpc) is 3.26. The highest BCUT2D eigenvalue weighted by Gasteiger charge is 2.65. The summed E-state index contributed by atoms with van der Waals surface area (Å²) in [6.45, 7) is 5.92. The third-order valence-corrected chi connectivity index (χ3v) is 13.2. The molecule has 0 aromatic carbocycles. The zero-order valence-corrected chi connectivity index (χ0v) is 26.8. The minimum absolute atomic E-state index is 0.0178. The lowest BCUT2D eigenvalue weighted by Gasteiger charge is -2.63. The molecule has 0 aromatic heterocycles. The fraction of sp³-hybridized carbons (Fsp3) is 0.900. The normalized spacial score (nSPS) is 39.5. The molecule has 43 heavy (non-hydrogen) atoms. The number of carbonyl (C=O) groups is 2. The van der Waals surface area contributed by atoms with Gasteiger partial charge in [-0.25, -0.2) is 4.79 Å². The van der Waals surface area contributed by atoms with Gasteiger partial charge in [0, 0.05) is 20.0 Å². The smallest absolute Gasteiger partial charge is 0.341 e. The summed E-state index contributed by atoms with van der Waals surface area (Å²) in [5.41, 5.74) is 4.89. The summed E-state index contributed by atoms with van der Waals surface area (Å²) in [7, 11) is -2.86. The molecule has 4 aliphatic carbocycles. The van der Waals surface area contributed by atoms with Gasteiger partial charge in [0.1, 0.15) is 12.3 Å². The summed E-state index contributed by atoms with van der Waals surface area (Å²) in [5, 5.41) is 43.3. The Morgan fingerprint density at radius 3 is 2.49 bits per heavy atom. The molecule has 4 aliphatic rings. The van der Waals surface area contributed by atoms with E-state index in [0.29, 0.717) is 19.3 Å². The predicted octanol–water partition coefficient (Wildman–Crippen LogP) is 1.18. The van der Waals surface area contributed by atoms with E-state index in [1.54, 1.807) is 0 Å². The van der Waals surface area contributed by atoms with Gasteiger partial charge in [-0.1, -0.05) is 20.8 Å². The number of aliphatic hydroxyl groups excluding tert-OH is 3. The van der Waals surface area contributed by atoms with Gasteiger partial charge in [0.15, 0.2) is 5.96 Å². The number of carbonyl (C=O) groups excluding carboxylic acids is 2. The Hall–Kier alpha value is -1.96. The molecule has 12 nitrogen and oxygen atoms in total. The van der Waals surface area contributed by atoms with Crippen LogP contribution in [0.3, 0.4) is 0 Å². The fourth-order valence-corrected chi connectivity index (χ4v) is 10.4. The summed E-state index contributed by atoms with van der Waals surface area (Å²) in [4.78, 5) is 25.4. The number of nitrogens with two attached hydrogens (primary N) is 1. The number of likely N-dealkylation sites (N-methyl/N-ethyl adjacent to an activating group) is 1. The first-order valence-corrected chi connectivity index (χ1v) is 17.4. The minimum atomic E-state index is -4.21. The van der Waals surface area contributed by atoms with Crippen molar-refractivity contribution in [2.45, 2.75) is 96.9 Å². The molecule has 1 amide bonds. The van der Waals surface area contributed by atoms with Crippen LogP contribution < -0.4 is 11.1 Å². The van der Waals surface area contributed by atoms with Crippen molar-refractivity contribution in [3.63, 3.8) is 0 Å². The first kappa shape index (κ1) is 33.9. The molecule has 4 rings (SSSR count). The van der Waals surface area contributed by atoms with Crippen LogP contribution in [0.5, 0.6) is 0 Å². The quantitative estimate of drug-likeness (QED) is 0.116. The summed E-state index contributed by atoms with van der Waals surface area (Å²) in [5.74, 6) is -1.17. The molecule has 0 unspecified atom stereocenters. The molecule has 0 heterocycles. The summed E-state index contributed by atoms with van der Waals surface area (Å²) >= 11 is 0. The lowest BCUT2D eigenvalue weighted by molar-refractivity contribution is -0.207. The van der Waals surface area contributed by atoms with Gasteiger partial charge in [-0.15, -0.1) is 0 Å². The molecule has 0 saturated heterocycles. The van der Waals surface area contributed by atoms with Gasteiger partial charge in [-0.2, -0.15) is 8.42 Å². The van der Waals surface area contributed by atoms with Crippen molar-refractivity contribution in [2.75, 3.05) is 25.9 Å². The van der Waals surface area contributed by atoms with Crippen LogP contribution in [0, 0.1) is 51.7 Å². The number of amides is 1. The van der Waals surface area contributed by atoms with Gasteiger partial charge < -0.3 is 35.5 Å². The molecule has 0 spiro atoms. The van der Waals surface area contributed by atoms with Gasteiger partial charge in [0.2, 0.25) is 5.91 Å². The monoisotopic (exact) mass is 628 g/mol. The van der Waals surface area contributed by atoms with Crippen LogP contribution in [0.1, 0.15) is 78.6 Å². The van der Waals surface area contributed by atoms with Crippen LogP contribution in [0.15, 0.2) is 0 Å². The van der Waals surface area contributed by atoms with Crippen molar-refractivity contribution < 1.29 is 37.5 Å². The Kier molecular flexibility index (Phi) is 10.1. The van der Waals surface area contributed by atoms with Crippen molar-refractivity contribution in [1.29, 1.82) is 5.41 Å². The second-order valence-electron chi connectivity index (χ2n) is 14.4. The Bertz CT molecular complexity index is 1170. The number of aliphatic hydroxyl groups is 3. The molecular formula is C30H52N4O8S. The molecule has 0 bridgehead atoms. The number of nitrogens with zero attached hydrogens (tertiary/aromatic N) is 1. The third kappa shape index (κ3) is 6.84. The fourth-order valence-electron chi connectivity index (χ4n) is 9.58. The van der Waals surface area contributed by atoms with E-state index in [-0.39, 0.29) is 71.3 Å². The molecule has 0 radical (unpaired) electrons. The summed E-state index contributed by atoms with van der Waals surface area (Å²) in [6, 6.07) is 0. The van der Waals surface area contributed by atoms with E-state index in [0.717, 1.165) is 37.0 Å². The zero-order chi connectivity index (χ0) is 31.9. The number of hydrogen-bond acceptors (Lipinski definition) is 9. The predicted molar refractivity (Wildman–Crippen MR) is 160 cm³/mol. The average molecular weight is 629 g/mol. The molecule has 11 atom stereocenters. The first-order valence-electron chi connectivity index (χ1n) is 15.8. The Morgan fingerprint density at radius 2 is 1.81 bits per heavy atom. The summed E-state index contributed by atoms with van der Waals surface area (Å²) < 4.78 is 28.7. The van der Waals surface area contributed by atoms with Crippen LogP contribution in [0.4, 0.5) is 0 Å². The molecule has 0 aliphatic heterocycles. The number of fused-ring (bicyclic) bond motifs is 5. The minimum Gasteiger partial charge on any atom is -0.393 e. The highest BCUT2D eigenvalue weighted by atomic mass is 32.2. The highest BCUT2D eigenvalue weighted by Crippen LogP contribution is 2.68. The van der Waals surface area contributed by atoms with Crippen molar-refractivity contribution in [2.24, 2.45) is 52.1 Å². The van der Waals surface area contributed by atoms with Crippen LogP contribution in [0.2, 0.25) is 0 Å². The van der Waals surface area contributed by atoms with E-state index in [1.165, 1.54) is 7.05 Å². The maximum Gasteiger partial charge on any atom is 0.341 e. The second-order valence-corrected chi connectivity index (χ2v) is 16.0. The third-order valence-electron chi connectivity index (χ3n) is 12.0. The topological polar surface area (TPSA) is 203 Å². The molecule has 246 valence electrons. The Morgan fingerprint density at radius 1 is 1.12 bits per heavy atom. The van der Waals surface area contributed by atoms with Gasteiger partial charge >= 0.3 is 16.1 Å². The Balaban J connectivity index is 1.29. The van der Waals surface area contributed by atoms with E-state index in [4.69, 9.17) is 11.1 Å². The number of nitrogens with one attached hydrogen (secondary N) is 2. The molecule has 13 heteroatoms. The van der Waals surface area contributed by atoms with E-state index in [1.807, 2.05) is 0 Å². The SMILES string of the molecule is C[C@H](CCC(=O)NCCS(=O)(=O)OC(=O)CN(C)C(=N)N)[C@H]1CC[C@H]2[C@@H]3[C@H](O)C[C@@H]4C[C@H](O)CC[C@]4(C)[C@H]3C[C@H](O)[C@]12C. The number of rotatable bonds is 10. The van der Waals surface area contributed by atoms with Gasteiger partial charge in [0.05, 0.1) is 18.3 Å². The molecular weight excluding hydrogens is 576 g/mol. The van der Waals surface area contributed by atoms with Crippen molar-refractivity contribution >= 4 is 28.0 Å². The standard InChI is InChI=1S/C30H52N4O8S/c1-17(5-8-25(38)33-11-12-43(40,41)42-26(39)16-34(4)28(31)32)20-6-7-21-27-22(15-24(37)30(20,21)3)29(2)10-9-19(35)13-18(29)14-23(27)36/h17-24,27,35-37H,5-16H2,1-4H3,(H3,31,32)(H,33,38)/t17-,18+,19-,20-,21+,22+,23-,24+,27+,29+,30-/m1/s1. The van der Waals surface area contributed by atoms with Crippen molar-refractivity contribution in [1.82, 2.24) is 10.2 Å².